The van der Waals surface area contributed by atoms with E-state index in [0.29, 0.717) is 11.1 Å². The van der Waals surface area contributed by atoms with Gasteiger partial charge in [0.15, 0.2) is 5.76 Å². The predicted octanol–water partition coefficient (Wildman–Crippen LogP) is 4.30. The third kappa shape index (κ3) is 3.39. The van der Waals surface area contributed by atoms with E-state index in [0.717, 1.165) is 10.8 Å². The van der Waals surface area contributed by atoms with Gasteiger partial charge >= 0.3 is 10.1 Å². The smallest absolute Gasteiger partial charge is 0.313 e. The minimum absolute atomic E-state index is 0.0548. The molecule has 0 saturated carbocycles. The van der Waals surface area contributed by atoms with Crippen molar-refractivity contribution in [2.45, 2.75) is 5.75 Å². The molecule has 7 heteroatoms. The summed E-state index contributed by atoms with van der Waals surface area (Å²) in [6.45, 7) is 0. The van der Waals surface area contributed by atoms with Gasteiger partial charge in [0.25, 0.3) is 0 Å². The Bertz CT molecular complexity index is 1240. The van der Waals surface area contributed by atoms with E-state index < -0.39 is 21.6 Å². The highest BCUT2D eigenvalue weighted by Gasteiger charge is 2.26. The van der Waals surface area contributed by atoms with Crippen LogP contribution in [0.4, 0.5) is 5.88 Å². The molecule has 142 valence electrons. The van der Waals surface area contributed by atoms with Gasteiger partial charge in [0.1, 0.15) is 5.75 Å². The number of nitrogen functional groups attached to an aromatic ring is 1. The number of aromatic hydroxyl groups is 1. The van der Waals surface area contributed by atoms with Crippen LogP contribution < -0.4 is 9.92 Å². The zero-order valence-corrected chi connectivity index (χ0v) is 15.5. The summed E-state index contributed by atoms with van der Waals surface area (Å²) >= 11 is 0. The molecule has 0 bridgehead atoms. The number of hydrogen-bond donors (Lipinski definition) is 2. The van der Waals surface area contributed by atoms with Crippen molar-refractivity contribution in [1.82, 2.24) is 0 Å². The van der Waals surface area contributed by atoms with Crippen molar-refractivity contribution in [2.75, 3.05) is 5.73 Å². The van der Waals surface area contributed by atoms with Crippen molar-refractivity contribution in [3.63, 3.8) is 0 Å². The standard InChI is InChI=1S/C21H17NO5S/c22-21-20(27-28(24,25)13-14-7-2-1-3-8-14)18(23)19(26-21)17-12-6-10-15-9-4-5-11-16(15)17/h1-12,23H,13,22H2. The second kappa shape index (κ2) is 6.94. The topological polar surface area (TPSA) is 103 Å². The van der Waals surface area contributed by atoms with Crippen LogP contribution >= 0.6 is 0 Å². The molecule has 3 aromatic carbocycles. The van der Waals surface area contributed by atoms with E-state index >= 15 is 0 Å². The van der Waals surface area contributed by atoms with Crippen molar-refractivity contribution in [1.29, 1.82) is 0 Å². The fraction of sp³-hybridized carbons (Fsp3) is 0.0476. The molecule has 28 heavy (non-hydrogen) atoms. The van der Waals surface area contributed by atoms with E-state index in [4.69, 9.17) is 14.3 Å². The SMILES string of the molecule is Nc1oc(-c2cccc3ccccc23)c(O)c1OS(=O)(=O)Cc1ccccc1. The molecule has 0 unspecified atom stereocenters. The van der Waals surface area contributed by atoms with Crippen LogP contribution in [0.3, 0.4) is 0 Å². The van der Waals surface area contributed by atoms with Gasteiger partial charge in [-0.05, 0) is 16.3 Å². The molecule has 0 spiro atoms. The van der Waals surface area contributed by atoms with Crippen LogP contribution in [0.5, 0.6) is 11.5 Å². The molecular weight excluding hydrogens is 378 g/mol. The van der Waals surface area contributed by atoms with Gasteiger partial charge < -0.3 is 19.4 Å². The number of fused-ring (bicyclic) bond motifs is 1. The van der Waals surface area contributed by atoms with Gasteiger partial charge in [0.05, 0.1) is 0 Å². The number of nitrogens with two attached hydrogens (primary N) is 1. The van der Waals surface area contributed by atoms with Gasteiger partial charge in [-0.15, -0.1) is 0 Å². The fourth-order valence-electron chi connectivity index (χ4n) is 3.05. The maximum Gasteiger partial charge on any atom is 0.313 e. The molecule has 3 N–H and O–H groups in total. The third-order valence-corrected chi connectivity index (χ3v) is 5.40. The van der Waals surface area contributed by atoms with Crippen LogP contribution in [0.15, 0.2) is 77.2 Å². The minimum Gasteiger partial charge on any atom is -0.501 e. The molecule has 0 amide bonds. The van der Waals surface area contributed by atoms with Crippen LogP contribution in [-0.4, -0.2) is 13.5 Å². The third-order valence-electron chi connectivity index (χ3n) is 4.30. The van der Waals surface area contributed by atoms with Crippen molar-refractivity contribution >= 4 is 26.8 Å². The van der Waals surface area contributed by atoms with Crippen LogP contribution in [0, 0.1) is 0 Å². The van der Waals surface area contributed by atoms with Crippen LogP contribution in [0.25, 0.3) is 22.1 Å². The lowest BCUT2D eigenvalue weighted by Crippen LogP contribution is -2.12. The average molecular weight is 395 g/mol. The largest absolute Gasteiger partial charge is 0.501 e. The first-order valence-corrected chi connectivity index (χ1v) is 10.1. The van der Waals surface area contributed by atoms with Gasteiger partial charge in [-0.2, -0.15) is 8.42 Å². The van der Waals surface area contributed by atoms with Gasteiger partial charge in [-0.25, -0.2) is 0 Å². The van der Waals surface area contributed by atoms with E-state index in [1.165, 1.54) is 0 Å². The maximum absolute atomic E-state index is 12.4. The summed E-state index contributed by atoms with van der Waals surface area (Å²) < 4.78 is 35.4. The highest BCUT2D eigenvalue weighted by molar-refractivity contribution is 7.86. The van der Waals surface area contributed by atoms with Crippen molar-refractivity contribution < 1.29 is 22.1 Å². The highest BCUT2D eigenvalue weighted by Crippen LogP contribution is 2.47. The lowest BCUT2D eigenvalue weighted by Gasteiger charge is -2.06. The Hall–Kier alpha value is -3.45. The zero-order valence-electron chi connectivity index (χ0n) is 14.7. The maximum atomic E-state index is 12.4. The summed E-state index contributed by atoms with van der Waals surface area (Å²) in [4.78, 5) is 0. The monoisotopic (exact) mass is 395 g/mol. The van der Waals surface area contributed by atoms with Crippen LogP contribution in [-0.2, 0) is 15.9 Å². The number of rotatable bonds is 5. The summed E-state index contributed by atoms with van der Waals surface area (Å²) in [6.07, 6.45) is 0. The number of hydrogen-bond acceptors (Lipinski definition) is 6. The Labute approximate surface area is 161 Å². The Balaban J connectivity index is 1.72. The van der Waals surface area contributed by atoms with E-state index in [1.54, 1.807) is 36.4 Å². The van der Waals surface area contributed by atoms with Crippen LogP contribution in [0.1, 0.15) is 5.56 Å². The van der Waals surface area contributed by atoms with Gasteiger partial charge in [-0.3, -0.25) is 0 Å². The van der Waals surface area contributed by atoms with Crippen LogP contribution in [0.2, 0.25) is 0 Å². The first kappa shape index (κ1) is 17.9. The van der Waals surface area contributed by atoms with Gasteiger partial charge in [0.2, 0.25) is 17.4 Å². The molecule has 0 atom stereocenters. The first-order chi connectivity index (χ1) is 13.4. The summed E-state index contributed by atoms with van der Waals surface area (Å²) in [7, 11) is -4.04. The Morgan fingerprint density at radius 1 is 0.929 bits per heavy atom. The van der Waals surface area contributed by atoms with E-state index in [9.17, 15) is 13.5 Å². The molecule has 1 heterocycles. The highest BCUT2D eigenvalue weighted by atomic mass is 32.2. The zero-order chi connectivity index (χ0) is 19.7. The lowest BCUT2D eigenvalue weighted by atomic mass is 10.0. The molecule has 0 aliphatic carbocycles. The molecule has 0 radical (unpaired) electrons. The number of furan rings is 1. The molecule has 4 rings (SSSR count). The van der Waals surface area contributed by atoms with Gasteiger partial charge in [-0.1, -0.05) is 72.8 Å². The normalized spacial score (nSPS) is 11.6. The first-order valence-electron chi connectivity index (χ1n) is 8.50. The molecule has 1 aromatic heterocycles. The van der Waals surface area contributed by atoms with E-state index in [-0.39, 0.29) is 17.4 Å². The number of anilines is 1. The van der Waals surface area contributed by atoms with E-state index in [1.807, 2.05) is 36.4 Å². The second-order valence-corrected chi connectivity index (χ2v) is 7.84. The second-order valence-electron chi connectivity index (χ2n) is 6.27. The molecule has 6 nitrogen and oxygen atoms in total. The summed E-state index contributed by atoms with van der Waals surface area (Å²) in [5, 5.41) is 12.4. The average Bonchev–Trinajstić information content (AvgIpc) is 2.95. The van der Waals surface area contributed by atoms with Gasteiger partial charge in [0, 0.05) is 5.56 Å². The van der Waals surface area contributed by atoms with E-state index in [2.05, 4.69) is 0 Å². The molecule has 0 saturated heterocycles. The molecule has 0 aliphatic heterocycles. The van der Waals surface area contributed by atoms with Crippen molar-refractivity contribution in [2.24, 2.45) is 0 Å². The Morgan fingerprint density at radius 3 is 2.39 bits per heavy atom. The molecule has 0 fully saturated rings. The van der Waals surface area contributed by atoms with Crippen molar-refractivity contribution in [3.8, 4) is 22.8 Å². The molecule has 4 aromatic rings. The Morgan fingerprint density at radius 2 is 1.61 bits per heavy atom. The fourth-order valence-corrected chi connectivity index (χ4v) is 4.12. The van der Waals surface area contributed by atoms with Crippen molar-refractivity contribution in [3.05, 3.63) is 78.4 Å². The predicted molar refractivity (Wildman–Crippen MR) is 107 cm³/mol. The summed E-state index contributed by atoms with van der Waals surface area (Å²) in [6, 6.07) is 21.6. The molecular formula is C21H17NO5S. The molecule has 0 aliphatic rings. The minimum atomic E-state index is -4.04. The lowest BCUT2D eigenvalue weighted by molar-refractivity contribution is 0.432. The summed E-state index contributed by atoms with van der Waals surface area (Å²) in [5.41, 5.74) is 6.94. The number of benzene rings is 3. The Kier molecular flexibility index (Phi) is 4.44. The summed E-state index contributed by atoms with van der Waals surface area (Å²) in [5.74, 6) is -1.47. The quantitative estimate of drug-likeness (QED) is 0.489.